The first-order chi connectivity index (χ1) is 12.6. The van der Waals surface area contributed by atoms with Gasteiger partial charge in [0.05, 0.1) is 12.5 Å². The zero-order valence-electron chi connectivity index (χ0n) is 15.3. The summed E-state index contributed by atoms with van der Waals surface area (Å²) in [6.45, 7) is 4.13. The molecule has 0 unspecified atom stereocenters. The predicted molar refractivity (Wildman–Crippen MR) is 104 cm³/mol. The minimum absolute atomic E-state index is 0.0506. The summed E-state index contributed by atoms with van der Waals surface area (Å²) < 4.78 is 5.43. The maximum Gasteiger partial charge on any atom is 0.236 e. The van der Waals surface area contributed by atoms with E-state index in [2.05, 4.69) is 15.6 Å². The van der Waals surface area contributed by atoms with E-state index in [1.807, 2.05) is 31.3 Å². The molecule has 2 N–H and O–H groups in total. The molecule has 0 atom stereocenters. The highest BCUT2D eigenvalue weighted by Crippen LogP contribution is 2.50. The number of aryl methyl sites for hydroxylation is 1. The first-order valence-corrected chi connectivity index (χ1v) is 10.1. The Bertz CT molecular complexity index is 807. The first-order valence-electron chi connectivity index (χ1n) is 9.25. The average molecular weight is 372 g/mol. The van der Waals surface area contributed by atoms with Crippen molar-refractivity contribution in [3.8, 4) is 5.75 Å². The Kier molecular flexibility index (Phi) is 4.71. The van der Waals surface area contributed by atoms with Gasteiger partial charge >= 0.3 is 0 Å². The van der Waals surface area contributed by atoms with E-state index in [0.29, 0.717) is 11.0 Å². The van der Waals surface area contributed by atoms with Crippen LogP contribution >= 0.6 is 11.3 Å². The number of methoxy groups -OCH3 is 1. The number of benzene rings is 1. The van der Waals surface area contributed by atoms with Crippen LogP contribution in [0.5, 0.6) is 5.75 Å². The molecular weight excluding hydrogens is 346 g/mol. The molecule has 2 fully saturated rings. The van der Waals surface area contributed by atoms with Crippen LogP contribution in [0.4, 0.5) is 5.13 Å². The first kappa shape index (κ1) is 17.5. The third kappa shape index (κ3) is 3.23. The fourth-order valence-corrected chi connectivity index (χ4v) is 4.73. The van der Waals surface area contributed by atoms with Gasteiger partial charge in [-0.2, -0.15) is 0 Å². The predicted octanol–water partition coefficient (Wildman–Crippen LogP) is 3.60. The van der Waals surface area contributed by atoms with Gasteiger partial charge in [0.15, 0.2) is 5.13 Å². The van der Waals surface area contributed by atoms with Crippen LogP contribution in [-0.2, 0) is 10.2 Å². The number of aromatic nitrogens is 1. The van der Waals surface area contributed by atoms with Crippen molar-refractivity contribution < 1.29 is 9.53 Å². The molecule has 0 bridgehead atoms. The maximum atomic E-state index is 13.0. The Balaban J connectivity index is 1.49. The lowest BCUT2D eigenvalue weighted by Crippen LogP contribution is -2.27. The summed E-state index contributed by atoms with van der Waals surface area (Å²) in [5.74, 6) is 1.45. The molecule has 2 heterocycles. The summed E-state index contributed by atoms with van der Waals surface area (Å²) in [6, 6.07) is 6.08. The molecular formula is C20H25N3O2S. The Morgan fingerprint density at radius 2 is 2.12 bits per heavy atom. The van der Waals surface area contributed by atoms with Gasteiger partial charge in [0.1, 0.15) is 5.75 Å². The molecule has 1 aliphatic carbocycles. The summed E-state index contributed by atoms with van der Waals surface area (Å²) >= 11 is 1.62. The Hall–Kier alpha value is -1.92. The summed E-state index contributed by atoms with van der Waals surface area (Å²) in [5, 5.41) is 7.17. The van der Waals surface area contributed by atoms with Crippen molar-refractivity contribution in [2.75, 3.05) is 25.5 Å². The second-order valence-corrected chi connectivity index (χ2v) is 8.37. The molecule has 1 saturated heterocycles. The molecule has 1 aromatic heterocycles. The number of nitrogens with one attached hydrogen (secondary N) is 2. The second-order valence-electron chi connectivity index (χ2n) is 7.31. The van der Waals surface area contributed by atoms with Gasteiger partial charge in [-0.1, -0.05) is 12.1 Å². The lowest BCUT2D eigenvalue weighted by molar-refractivity contribution is -0.118. The normalized spacial score (nSPS) is 19.2. The van der Waals surface area contributed by atoms with E-state index in [1.54, 1.807) is 18.4 Å². The molecule has 6 heteroatoms. The highest BCUT2D eigenvalue weighted by Gasteiger charge is 2.51. The average Bonchev–Trinajstić information content (AvgIpc) is 3.36. The van der Waals surface area contributed by atoms with Crippen LogP contribution < -0.4 is 15.4 Å². The highest BCUT2D eigenvalue weighted by atomic mass is 32.1. The van der Waals surface area contributed by atoms with E-state index in [-0.39, 0.29) is 5.91 Å². The topological polar surface area (TPSA) is 63.2 Å². The van der Waals surface area contributed by atoms with Gasteiger partial charge < -0.3 is 15.4 Å². The highest BCUT2D eigenvalue weighted by molar-refractivity contribution is 7.15. The van der Waals surface area contributed by atoms with Crippen LogP contribution in [0.2, 0.25) is 0 Å². The van der Waals surface area contributed by atoms with Crippen LogP contribution in [-0.4, -0.2) is 31.1 Å². The molecule has 1 amide bonds. The number of thiazole rings is 1. The van der Waals surface area contributed by atoms with Crippen molar-refractivity contribution in [2.24, 2.45) is 0 Å². The lowest BCUT2D eigenvalue weighted by atomic mass is 9.94. The quantitative estimate of drug-likeness (QED) is 0.843. The van der Waals surface area contributed by atoms with Crippen LogP contribution in [0.3, 0.4) is 0 Å². The van der Waals surface area contributed by atoms with E-state index in [1.165, 1.54) is 4.88 Å². The van der Waals surface area contributed by atoms with Crippen molar-refractivity contribution in [1.29, 1.82) is 0 Å². The van der Waals surface area contributed by atoms with Gasteiger partial charge in [-0.05, 0) is 68.8 Å². The van der Waals surface area contributed by atoms with Gasteiger partial charge in [0.25, 0.3) is 0 Å². The maximum absolute atomic E-state index is 13.0. The molecule has 0 spiro atoms. The molecule has 138 valence electrons. The van der Waals surface area contributed by atoms with Crippen LogP contribution in [0.1, 0.15) is 47.6 Å². The number of hydrogen-bond acceptors (Lipinski definition) is 5. The van der Waals surface area contributed by atoms with Gasteiger partial charge in [-0.15, -0.1) is 11.3 Å². The summed E-state index contributed by atoms with van der Waals surface area (Å²) in [7, 11) is 1.67. The zero-order chi connectivity index (χ0) is 18.1. The van der Waals surface area contributed by atoms with Gasteiger partial charge in [-0.25, -0.2) is 4.98 Å². The van der Waals surface area contributed by atoms with Crippen molar-refractivity contribution in [2.45, 2.75) is 43.9 Å². The third-order valence-corrected chi connectivity index (χ3v) is 6.71. The molecule has 4 rings (SSSR count). The number of hydrogen-bond donors (Lipinski definition) is 2. The Morgan fingerprint density at radius 1 is 1.35 bits per heavy atom. The molecule has 1 saturated carbocycles. The number of anilines is 1. The SMILES string of the molecule is COc1cc(C2(C(=O)Nc3ncc(C4CCNCC4)s3)CC2)ccc1C. The number of ether oxygens (including phenoxy) is 1. The Labute approximate surface area is 158 Å². The van der Waals surface area contributed by atoms with Crippen LogP contribution in [0, 0.1) is 6.92 Å². The van der Waals surface area contributed by atoms with E-state index in [0.717, 1.165) is 55.6 Å². The Morgan fingerprint density at radius 3 is 2.81 bits per heavy atom. The lowest BCUT2D eigenvalue weighted by Gasteiger charge is -2.20. The molecule has 26 heavy (non-hydrogen) atoms. The largest absolute Gasteiger partial charge is 0.496 e. The van der Waals surface area contributed by atoms with Crippen molar-refractivity contribution in [3.63, 3.8) is 0 Å². The van der Waals surface area contributed by atoms with Crippen molar-refractivity contribution in [3.05, 3.63) is 40.4 Å². The summed E-state index contributed by atoms with van der Waals surface area (Å²) in [6.07, 6.45) is 5.96. The van der Waals surface area contributed by atoms with Crippen molar-refractivity contribution >= 4 is 22.4 Å². The minimum Gasteiger partial charge on any atom is -0.496 e. The van der Waals surface area contributed by atoms with E-state index in [9.17, 15) is 4.79 Å². The molecule has 2 aliphatic rings. The zero-order valence-corrected chi connectivity index (χ0v) is 16.1. The number of amides is 1. The second kappa shape index (κ2) is 7.00. The van der Waals surface area contributed by atoms with Crippen molar-refractivity contribution in [1.82, 2.24) is 10.3 Å². The van der Waals surface area contributed by atoms with E-state index >= 15 is 0 Å². The standard InChI is InChI=1S/C20H25N3O2S/c1-13-3-4-15(11-16(13)25-2)20(7-8-20)18(24)23-19-22-12-17(26-19)14-5-9-21-10-6-14/h3-4,11-12,14,21H,5-10H2,1-2H3,(H,22,23,24). The molecule has 2 aromatic rings. The monoisotopic (exact) mass is 371 g/mol. The number of carbonyl (C=O) groups excluding carboxylic acids is 1. The van der Waals surface area contributed by atoms with E-state index < -0.39 is 5.41 Å². The number of rotatable bonds is 5. The van der Waals surface area contributed by atoms with Crippen LogP contribution in [0.25, 0.3) is 0 Å². The van der Waals surface area contributed by atoms with Gasteiger partial charge in [0.2, 0.25) is 5.91 Å². The summed E-state index contributed by atoms with van der Waals surface area (Å²) in [4.78, 5) is 18.7. The van der Waals surface area contributed by atoms with Gasteiger partial charge in [-0.3, -0.25) is 4.79 Å². The number of nitrogens with zero attached hydrogens (tertiary/aromatic N) is 1. The minimum atomic E-state index is -0.429. The van der Waals surface area contributed by atoms with Crippen LogP contribution in [0.15, 0.2) is 24.4 Å². The molecule has 0 radical (unpaired) electrons. The fourth-order valence-electron chi connectivity index (χ4n) is 3.75. The smallest absolute Gasteiger partial charge is 0.236 e. The molecule has 5 nitrogen and oxygen atoms in total. The number of carbonyl (C=O) groups is 1. The third-order valence-electron chi connectivity index (χ3n) is 5.63. The summed E-state index contributed by atoms with van der Waals surface area (Å²) in [5.41, 5.74) is 1.69. The van der Waals surface area contributed by atoms with E-state index in [4.69, 9.17) is 4.74 Å². The number of piperidine rings is 1. The molecule has 1 aromatic carbocycles. The fraction of sp³-hybridized carbons (Fsp3) is 0.500. The molecule has 1 aliphatic heterocycles. The van der Waals surface area contributed by atoms with Gasteiger partial charge in [0, 0.05) is 11.1 Å².